The molecule has 0 radical (unpaired) electrons. The Morgan fingerprint density at radius 3 is 1.94 bits per heavy atom. The summed E-state index contributed by atoms with van der Waals surface area (Å²) < 4.78 is 27.2. The van der Waals surface area contributed by atoms with Crippen molar-refractivity contribution in [2.75, 3.05) is 47.5 Å². The first-order valence-corrected chi connectivity index (χ1v) is 13.6. The third-order valence-electron chi connectivity index (χ3n) is 5.19. The third kappa shape index (κ3) is 20.1. The van der Waals surface area contributed by atoms with Gasteiger partial charge in [0.05, 0.1) is 33.7 Å². The van der Waals surface area contributed by atoms with Gasteiger partial charge in [-0.3, -0.25) is 13.8 Å². The van der Waals surface area contributed by atoms with Crippen LogP contribution in [0, 0.1) is 11.8 Å². The predicted molar refractivity (Wildman–Crippen MR) is 127 cm³/mol. The van der Waals surface area contributed by atoms with Crippen LogP contribution in [0.4, 0.5) is 0 Å². The van der Waals surface area contributed by atoms with Crippen molar-refractivity contribution in [2.45, 2.75) is 84.7 Å². The number of esters is 1. The summed E-state index contributed by atoms with van der Waals surface area (Å²) in [6.07, 6.45) is 9.31. The van der Waals surface area contributed by atoms with Crippen LogP contribution in [0.15, 0.2) is 0 Å². The fourth-order valence-corrected chi connectivity index (χ4v) is 3.77. The highest BCUT2D eigenvalue weighted by Crippen LogP contribution is 2.43. The zero-order chi connectivity index (χ0) is 24.6. The van der Waals surface area contributed by atoms with Crippen LogP contribution in [0.1, 0.15) is 78.6 Å². The molecule has 0 fully saturated rings. The highest BCUT2D eigenvalue weighted by Gasteiger charge is 2.24. The summed E-state index contributed by atoms with van der Waals surface area (Å²) in [7, 11) is 1.55. The van der Waals surface area contributed by atoms with E-state index in [4.69, 9.17) is 13.8 Å². The number of hydrogen-bond acceptors (Lipinski definition) is 6. The van der Waals surface area contributed by atoms with E-state index >= 15 is 0 Å². The molecule has 2 unspecified atom stereocenters. The fourth-order valence-electron chi connectivity index (χ4n) is 3.02. The smallest absolute Gasteiger partial charge is 0.463 e. The number of aliphatic hydroxyl groups excluding tert-OH is 1. The number of phosphoric ester groups is 1. The van der Waals surface area contributed by atoms with Crippen molar-refractivity contribution >= 4 is 13.8 Å². The molecule has 0 aromatic carbocycles. The summed E-state index contributed by atoms with van der Waals surface area (Å²) in [6.45, 7) is 6.20. The van der Waals surface area contributed by atoms with Gasteiger partial charge in [-0.15, -0.1) is 0 Å². The zero-order valence-corrected chi connectivity index (χ0v) is 22.1. The molecule has 0 aromatic rings. The summed E-state index contributed by atoms with van der Waals surface area (Å²) in [6, 6.07) is 0. The Morgan fingerprint density at radius 1 is 0.875 bits per heavy atom. The Labute approximate surface area is 195 Å². The fraction of sp³-hybridized carbons (Fsp3) is 0.957. The van der Waals surface area contributed by atoms with Crippen LogP contribution in [0.25, 0.3) is 0 Å². The number of phosphoric acid groups is 1. The van der Waals surface area contributed by atoms with Gasteiger partial charge in [0.25, 0.3) is 0 Å². The maximum atomic E-state index is 12.1. The number of quaternary nitrogens is 1. The maximum absolute atomic E-state index is 12.1. The van der Waals surface area contributed by atoms with Crippen LogP contribution in [-0.4, -0.2) is 74.1 Å². The van der Waals surface area contributed by atoms with Crippen molar-refractivity contribution in [1.82, 2.24) is 0 Å². The van der Waals surface area contributed by atoms with E-state index < -0.39 is 20.5 Å². The molecule has 32 heavy (non-hydrogen) atoms. The molecule has 0 saturated carbocycles. The molecule has 0 saturated heterocycles. The molecule has 0 amide bonds. The quantitative estimate of drug-likeness (QED) is 0.114. The summed E-state index contributed by atoms with van der Waals surface area (Å²) in [4.78, 5) is 21.7. The Balaban J connectivity index is 3.82. The summed E-state index contributed by atoms with van der Waals surface area (Å²) in [5.74, 6) is 0.180. The van der Waals surface area contributed by atoms with Crippen molar-refractivity contribution in [3.63, 3.8) is 0 Å². The van der Waals surface area contributed by atoms with Gasteiger partial charge in [0, 0.05) is 0 Å². The second-order valence-corrected chi connectivity index (χ2v) is 11.7. The van der Waals surface area contributed by atoms with Crippen LogP contribution in [0.5, 0.6) is 0 Å². The van der Waals surface area contributed by atoms with Crippen LogP contribution < -0.4 is 0 Å². The highest BCUT2D eigenvalue weighted by atomic mass is 31.2. The van der Waals surface area contributed by atoms with Gasteiger partial charge in [0.1, 0.15) is 25.9 Å². The Morgan fingerprint density at radius 2 is 1.41 bits per heavy atom. The number of ether oxygens (including phenoxy) is 1. The minimum atomic E-state index is -4.24. The SMILES string of the molecule is CC(C)CCCCCCCCCC(C)C(=O)OC[C@@H](O)COP(=O)(O)OCC[N+](C)(C)C. The molecule has 192 valence electrons. The number of hydrogen-bond donors (Lipinski definition) is 2. The molecular weight excluding hydrogens is 433 g/mol. The first-order chi connectivity index (χ1) is 14.8. The largest absolute Gasteiger partial charge is 0.472 e. The first-order valence-electron chi connectivity index (χ1n) is 12.1. The van der Waals surface area contributed by atoms with E-state index in [-0.39, 0.29) is 25.1 Å². The highest BCUT2D eigenvalue weighted by molar-refractivity contribution is 7.47. The van der Waals surface area contributed by atoms with E-state index in [0.717, 1.165) is 25.2 Å². The van der Waals surface area contributed by atoms with Crippen LogP contribution in [-0.2, 0) is 23.1 Å². The van der Waals surface area contributed by atoms with Crippen LogP contribution >= 0.6 is 7.82 Å². The third-order valence-corrected chi connectivity index (χ3v) is 6.17. The van der Waals surface area contributed by atoms with Gasteiger partial charge in [0.15, 0.2) is 0 Å². The number of unbranched alkanes of at least 4 members (excludes halogenated alkanes) is 6. The maximum Gasteiger partial charge on any atom is 0.472 e. The molecule has 0 aromatic heterocycles. The van der Waals surface area contributed by atoms with E-state index in [1.807, 2.05) is 28.1 Å². The molecular formula is C23H49NO7P+. The lowest BCUT2D eigenvalue weighted by atomic mass is 10.0. The van der Waals surface area contributed by atoms with E-state index in [9.17, 15) is 19.4 Å². The van der Waals surface area contributed by atoms with Crippen LogP contribution in [0.3, 0.4) is 0 Å². The summed E-state index contributed by atoms with van der Waals surface area (Å²) in [5.41, 5.74) is 0. The summed E-state index contributed by atoms with van der Waals surface area (Å²) >= 11 is 0. The molecule has 0 aliphatic heterocycles. The zero-order valence-electron chi connectivity index (χ0n) is 21.3. The van der Waals surface area contributed by atoms with Crippen molar-refractivity contribution < 1.29 is 37.6 Å². The van der Waals surface area contributed by atoms with Gasteiger partial charge in [-0.1, -0.05) is 72.1 Å². The lowest BCUT2D eigenvalue weighted by molar-refractivity contribution is -0.870. The van der Waals surface area contributed by atoms with Crippen molar-refractivity contribution in [2.24, 2.45) is 11.8 Å². The Bertz CT molecular complexity index is 537. The Kier molecular flexibility index (Phi) is 16.7. The van der Waals surface area contributed by atoms with Crippen molar-refractivity contribution in [1.29, 1.82) is 0 Å². The van der Waals surface area contributed by atoms with Crippen LogP contribution in [0.2, 0.25) is 0 Å². The summed E-state index contributed by atoms with van der Waals surface area (Å²) in [5, 5.41) is 9.87. The number of carbonyl (C=O) groups is 1. The Hall–Kier alpha value is -0.500. The monoisotopic (exact) mass is 482 g/mol. The minimum Gasteiger partial charge on any atom is -0.463 e. The number of rotatable bonds is 20. The van der Waals surface area contributed by atoms with E-state index in [1.165, 1.54) is 38.5 Å². The van der Waals surface area contributed by atoms with Gasteiger partial charge in [-0.2, -0.15) is 0 Å². The molecule has 0 spiro atoms. The minimum absolute atomic E-state index is 0.0536. The molecule has 0 heterocycles. The van der Waals surface area contributed by atoms with Gasteiger partial charge < -0.3 is 19.2 Å². The number of likely N-dealkylation sites (N-methyl/N-ethyl adjacent to an activating group) is 1. The second kappa shape index (κ2) is 17.0. The van der Waals surface area contributed by atoms with Gasteiger partial charge >= 0.3 is 13.8 Å². The number of aliphatic hydroxyl groups is 1. The molecule has 2 N–H and O–H groups in total. The topological polar surface area (TPSA) is 102 Å². The predicted octanol–water partition coefficient (Wildman–Crippen LogP) is 4.53. The molecule has 0 bridgehead atoms. The molecule has 8 nitrogen and oxygen atoms in total. The number of nitrogens with zero attached hydrogens (tertiary/aromatic N) is 1. The molecule has 0 aliphatic rings. The average Bonchev–Trinajstić information content (AvgIpc) is 2.67. The normalized spacial score (nSPS) is 16.0. The lowest BCUT2D eigenvalue weighted by Gasteiger charge is -2.24. The van der Waals surface area contributed by atoms with Gasteiger partial charge in [-0.25, -0.2) is 4.57 Å². The lowest BCUT2D eigenvalue weighted by Crippen LogP contribution is -2.37. The van der Waals surface area contributed by atoms with Crippen molar-refractivity contribution in [3.8, 4) is 0 Å². The van der Waals surface area contributed by atoms with E-state index in [2.05, 4.69) is 13.8 Å². The molecule has 0 aliphatic carbocycles. The van der Waals surface area contributed by atoms with E-state index in [0.29, 0.717) is 11.0 Å². The molecule has 3 atom stereocenters. The second-order valence-electron chi connectivity index (χ2n) is 10.2. The van der Waals surface area contributed by atoms with E-state index in [1.54, 1.807) is 0 Å². The van der Waals surface area contributed by atoms with Gasteiger partial charge in [0.2, 0.25) is 0 Å². The molecule has 9 heteroatoms. The number of carbonyl (C=O) groups excluding carboxylic acids is 1. The average molecular weight is 483 g/mol. The molecule has 0 rings (SSSR count). The first kappa shape index (κ1) is 31.5. The van der Waals surface area contributed by atoms with Crippen molar-refractivity contribution in [3.05, 3.63) is 0 Å². The van der Waals surface area contributed by atoms with Gasteiger partial charge in [-0.05, 0) is 12.3 Å². The standard InChI is InChI=1S/C23H48NO7P/c1-20(2)14-12-10-8-7-9-11-13-15-21(3)23(26)29-18-22(25)19-31-32(27,28)30-17-16-24(4,5)6/h20-22,25H,7-19H2,1-6H3/p+1/t21?,22-/m1/s1.